The maximum absolute atomic E-state index is 11.1. The lowest BCUT2D eigenvalue weighted by molar-refractivity contribution is -0.138. The number of thioether (sulfide) groups is 1. The number of carboxylic acid groups (broad SMARTS) is 1. The lowest BCUT2D eigenvalue weighted by Crippen LogP contribution is -2.33. The van der Waals surface area contributed by atoms with Crippen molar-refractivity contribution < 1.29 is 19.4 Å². The lowest BCUT2D eigenvalue weighted by atomic mass is 10.2. The van der Waals surface area contributed by atoms with Crippen LogP contribution in [0.1, 0.15) is 16.5 Å². The van der Waals surface area contributed by atoms with E-state index in [1.165, 1.54) is 0 Å². The lowest BCUT2D eigenvalue weighted by Gasteiger charge is -2.17. The molecule has 0 radical (unpaired) electrons. The predicted molar refractivity (Wildman–Crippen MR) is 101 cm³/mol. The average molecular weight is 424 g/mol. The third kappa shape index (κ3) is 4.29. The van der Waals surface area contributed by atoms with Gasteiger partial charge in [0.05, 0.1) is 17.0 Å². The van der Waals surface area contributed by atoms with Crippen LogP contribution >= 0.6 is 27.7 Å². The highest BCUT2D eigenvalue weighted by atomic mass is 79.9. The standard InChI is InChI=1S/C18H18BrNO4S/c1-23-15-8-12(17-20-14(10-25-17)18(21)22)7-13(19)16(15)24-9-11-5-3-2-4-6-11/h2-8,14,17,20H,9-10H2,1H3,(H,21,22). The topological polar surface area (TPSA) is 67.8 Å². The summed E-state index contributed by atoms with van der Waals surface area (Å²) in [7, 11) is 1.59. The van der Waals surface area contributed by atoms with Gasteiger partial charge in [0.15, 0.2) is 11.5 Å². The minimum absolute atomic E-state index is 0.0885. The molecule has 0 aliphatic carbocycles. The zero-order chi connectivity index (χ0) is 17.8. The Kier molecular flexibility index (Phi) is 5.88. The van der Waals surface area contributed by atoms with Gasteiger partial charge in [-0.3, -0.25) is 10.1 Å². The Balaban J connectivity index is 1.78. The third-order valence-corrected chi connectivity index (χ3v) is 5.72. The summed E-state index contributed by atoms with van der Waals surface area (Å²) in [5.74, 6) is 0.949. The van der Waals surface area contributed by atoms with Crippen LogP contribution in [0.5, 0.6) is 11.5 Å². The molecule has 1 heterocycles. The number of carboxylic acids is 1. The molecule has 3 rings (SSSR count). The van der Waals surface area contributed by atoms with E-state index in [2.05, 4.69) is 21.2 Å². The molecule has 7 heteroatoms. The molecular formula is C18H18BrNO4S. The normalized spacial score (nSPS) is 19.6. The largest absolute Gasteiger partial charge is 0.493 e. The van der Waals surface area contributed by atoms with Crippen LogP contribution in [0.4, 0.5) is 0 Å². The molecule has 2 aromatic carbocycles. The Labute approximate surface area is 158 Å². The van der Waals surface area contributed by atoms with Crippen LogP contribution in [0.2, 0.25) is 0 Å². The van der Waals surface area contributed by atoms with Gasteiger partial charge in [0.1, 0.15) is 12.6 Å². The minimum Gasteiger partial charge on any atom is -0.493 e. The Hall–Kier alpha value is -1.70. The second-order valence-corrected chi connectivity index (χ2v) is 7.57. The van der Waals surface area contributed by atoms with Crippen LogP contribution in [0.15, 0.2) is 46.9 Å². The van der Waals surface area contributed by atoms with Crippen molar-refractivity contribution in [1.29, 1.82) is 0 Å². The molecule has 5 nitrogen and oxygen atoms in total. The van der Waals surface area contributed by atoms with Crippen molar-refractivity contribution in [3.8, 4) is 11.5 Å². The molecule has 1 saturated heterocycles. The summed E-state index contributed by atoms with van der Waals surface area (Å²) >= 11 is 5.11. The smallest absolute Gasteiger partial charge is 0.321 e. The predicted octanol–water partition coefficient (Wildman–Crippen LogP) is 3.82. The van der Waals surface area contributed by atoms with Gasteiger partial charge >= 0.3 is 5.97 Å². The fourth-order valence-electron chi connectivity index (χ4n) is 2.57. The summed E-state index contributed by atoms with van der Waals surface area (Å²) in [6, 6.07) is 13.2. The number of hydrogen-bond donors (Lipinski definition) is 2. The van der Waals surface area contributed by atoms with Crippen molar-refractivity contribution in [2.24, 2.45) is 0 Å². The second kappa shape index (κ2) is 8.12. The van der Waals surface area contributed by atoms with E-state index >= 15 is 0 Å². The number of aliphatic carboxylic acids is 1. The van der Waals surface area contributed by atoms with Gasteiger partial charge in [0, 0.05) is 5.75 Å². The van der Waals surface area contributed by atoms with Gasteiger partial charge in [-0.1, -0.05) is 30.3 Å². The van der Waals surface area contributed by atoms with Gasteiger partial charge < -0.3 is 14.6 Å². The highest BCUT2D eigenvalue weighted by Gasteiger charge is 2.31. The quantitative estimate of drug-likeness (QED) is 0.735. The van der Waals surface area contributed by atoms with Crippen LogP contribution in [-0.4, -0.2) is 30.0 Å². The molecule has 0 aromatic heterocycles. The molecular weight excluding hydrogens is 406 g/mol. The number of halogens is 1. The maximum atomic E-state index is 11.1. The van der Waals surface area contributed by atoms with E-state index in [0.29, 0.717) is 23.9 Å². The average Bonchev–Trinajstić information content (AvgIpc) is 3.11. The first kappa shape index (κ1) is 18.1. The van der Waals surface area contributed by atoms with E-state index < -0.39 is 12.0 Å². The molecule has 1 fully saturated rings. The van der Waals surface area contributed by atoms with Crippen LogP contribution in [0.3, 0.4) is 0 Å². The molecule has 2 aromatic rings. The van der Waals surface area contributed by atoms with Gasteiger partial charge in [-0.25, -0.2) is 0 Å². The molecule has 1 aliphatic rings. The monoisotopic (exact) mass is 423 g/mol. The Morgan fingerprint density at radius 2 is 2.12 bits per heavy atom. The maximum Gasteiger partial charge on any atom is 0.321 e. The molecule has 0 saturated carbocycles. The third-order valence-electron chi connectivity index (χ3n) is 3.86. The molecule has 25 heavy (non-hydrogen) atoms. The summed E-state index contributed by atoms with van der Waals surface area (Å²) in [5, 5.41) is 12.1. The van der Waals surface area contributed by atoms with Crippen LogP contribution in [0.25, 0.3) is 0 Å². The fourth-order valence-corrected chi connectivity index (χ4v) is 4.35. The Morgan fingerprint density at radius 3 is 2.76 bits per heavy atom. The summed E-state index contributed by atoms with van der Waals surface area (Å²) in [5.41, 5.74) is 2.02. The highest BCUT2D eigenvalue weighted by Crippen LogP contribution is 2.42. The van der Waals surface area contributed by atoms with E-state index in [1.54, 1.807) is 18.9 Å². The summed E-state index contributed by atoms with van der Waals surface area (Å²) in [4.78, 5) is 11.1. The Bertz CT molecular complexity index is 756. The van der Waals surface area contributed by atoms with E-state index in [0.717, 1.165) is 15.6 Å². The zero-order valence-corrected chi connectivity index (χ0v) is 16.0. The van der Waals surface area contributed by atoms with Crippen LogP contribution in [0, 0.1) is 0 Å². The SMILES string of the molecule is COc1cc(C2NC(C(=O)O)CS2)cc(Br)c1OCc1ccccc1. The van der Waals surface area contributed by atoms with E-state index in [-0.39, 0.29) is 5.37 Å². The van der Waals surface area contributed by atoms with Crippen molar-refractivity contribution >= 4 is 33.7 Å². The fraction of sp³-hybridized carbons (Fsp3) is 0.278. The number of ether oxygens (including phenoxy) is 2. The molecule has 0 amide bonds. The highest BCUT2D eigenvalue weighted by molar-refractivity contribution is 9.10. The molecule has 2 unspecified atom stereocenters. The van der Waals surface area contributed by atoms with Gasteiger partial charge in [-0.2, -0.15) is 0 Å². The summed E-state index contributed by atoms with van der Waals surface area (Å²) in [6.07, 6.45) is 0. The van der Waals surface area contributed by atoms with E-state index in [9.17, 15) is 4.79 Å². The van der Waals surface area contributed by atoms with E-state index in [4.69, 9.17) is 14.6 Å². The molecule has 0 spiro atoms. The zero-order valence-electron chi connectivity index (χ0n) is 13.6. The van der Waals surface area contributed by atoms with Crippen LogP contribution < -0.4 is 14.8 Å². The summed E-state index contributed by atoms with van der Waals surface area (Å²) < 4.78 is 12.2. The molecule has 0 bridgehead atoms. The van der Waals surface area contributed by atoms with Crippen molar-refractivity contribution in [1.82, 2.24) is 5.32 Å². The molecule has 2 atom stereocenters. The van der Waals surface area contributed by atoms with Crippen molar-refractivity contribution in [3.63, 3.8) is 0 Å². The summed E-state index contributed by atoms with van der Waals surface area (Å²) in [6.45, 7) is 0.437. The second-order valence-electron chi connectivity index (χ2n) is 5.58. The van der Waals surface area contributed by atoms with Gasteiger partial charge in [-0.05, 0) is 39.2 Å². The molecule has 132 valence electrons. The number of rotatable bonds is 6. The number of nitrogens with one attached hydrogen (secondary N) is 1. The van der Waals surface area contributed by atoms with Crippen molar-refractivity contribution in [2.75, 3.05) is 12.9 Å². The van der Waals surface area contributed by atoms with Crippen molar-refractivity contribution in [2.45, 2.75) is 18.0 Å². The number of hydrogen-bond acceptors (Lipinski definition) is 5. The first-order chi connectivity index (χ1) is 12.1. The van der Waals surface area contributed by atoms with Gasteiger partial charge in [-0.15, -0.1) is 11.8 Å². The molecule has 2 N–H and O–H groups in total. The number of benzene rings is 2. The van der Waals surface area contributed by atoms with E-state index in [1.807, 2.05) is 42.5 Å². The first-order valence-electron chi connectivity index (χ1n) is 7.73. The number of methoxy groups -OCH3 is 1. The number of carbonyl (C=O) groups is 1. The minimum atomic E-state index is -0.830. The van der Waals surface area contributed by atoms with Gasteiger partial charge in [0.2, 0.25) is 0 Å². The van der Waals surface area contributed by atoms with Crippen molar-refractivity contribution in [3.05, 3.63) is 58.1 Å². The molecule has 1 aliphatic heterocycles. The first-order valence-corrected chi connectivity index (χ1v) is 9.57. The van der Waals surface area contributed by atoms with Gasteiger partial charge in [0.25, 0.3) is 0 Å². The Morgan fingerprint density at radius 1 is 1.36 bits per heavy atom. The van der Waals surface area contributed by atoms with Crippen LogP contribution in [-0.2, 0) is 11.4 Å².